The summed E-state index contributed by atoms with van der Waals surface area (Å²) < 4.78 is 4.93. The highest BCUT2D eigenvalue weighted by atomic mass is 35.5. The second kappa shape index (κ2) is 12.5. The van der Waals surface area contributed by atoms with Crippen LogP contribution in [-0.2, 0) is 25.5 Å². The van der Waals surface area contributed by atoms with Crippen LogP contribution in [0.2, 0.25) is 10.0 Å². The largest absolute Gasteiger partial charge is 0.478 e. The van der Waals surface area contributed by atoms with Crippen LogP contribution in [0.4, 0.5) is 5.69 Å². The molecule has 10 heteroatoms. The van der Waals surface area contributed by atoms with Crippen molar-refractivity contribution < 1.29 is 29.0 Å². The highest BCUT2D eigenvalue weighted by molar-refractivity contribution is 6.40. The van der Waals surface area contributed by atoms with Gasteiger partial charge in [0.05, 0.1) is 22.7 Å². The van der Waals surface area contributed by atoms with Crippen molar-refractivity contribution in [3.8, 4) is 0 Å². The lowest BCUT2D eigenvalue weighted by Crippen LogP contribution is -2.46. The number of hydrogen-bond acceptors (Lipinski definition) is 5. The molecule has 0 saturated carbocycles. The number of halogens is 2. The van der Waals surface area contributed by atoms with Gasteiger partial charge in [-0.05, 0) is 66.2 Å². The number of carboxylic acid groups (broad SMARTS) is 1. The van der Waals surface area contributed by atoms with Crippen LogP contribution in [0.5, 0.6) is 0 Å². The molecule has 0 heterocycles. The van der Waals surface area contributed by atoms with E-state index in [9.17, 15) is 24.3 Å². The Morgan fingerprint density at radius 3 is 2.23 bits per heavy atom. The molecule has 206 valence electrons. The van der Waals surface area contributed by atoms with E-state index in [-0.39, 0.29) is 22.0 Å². The number of aliphatic carboxylic acids is 1. The second-order valence-corrected chi connectivity index (χ2v) is 10.7. The molecule has 3 N–H and O–H groups in total. The number of hydrogen-bond donors (Lipinski definition) is 3. The summed E-state index contributed by atoms with van der Waals surface area (Å²) in [7, 11) is 1.24. The molecule has 1 atom stereocenters. The van der Waals surface area contributed by atoms with Crippen molar-refractivity contribution >= 4 is 52.6 Å². The minimum atomic E-state index is -1.08. The first-order chi connectivity index (χ1) is 18.3. The maximum atomic E-state index is 13.4. The van der Waals surface area contributed by atoms with Gasteiger partial charge in [-0.2, -0.15) is 0 Å². The van der Waals surface area contributed by atoms with E-state index in [0.717, 1.165) is 6.08 Å². The Balaban J connectivity index is 1.78. The van der Waals surface area contributed by atoms with E-state index in [1.165, 1.54) is 7.11 Å². The van der Waals surface area contributed by atoms with Gasteiger partial charge in [-0.1, -0.05) is 55.2 Å². The van der Waals surface area contributed by atoms with Gasteiger partial charge < -0.3 is 20.5 Å². The number of carboxylic acids is 1. The van der Waals surface area contributed by atoms with Gasteiger partial charge in [0, 0.05) is 23.8 Å². The number of allylic oxidation sites excluding steroid dienone is 2. The van der Waals surface area contributed by atoms with Gasteiger partial charge in [-0.25, -0.2) is 9.59 Å². The first-order valence-corrected chi connectivity index (χ1v) is 13.0. The Morgan fingerprint density at radius 2 is 1.67 bits per heavy atom. The van der Waals surface area contributed by atoms with Gasteiger partial charge >= 0.3 is 11.9 Å². The minimum Gasteiger partial charge on any atom is -0.478 e. The third-order valence-corrected chi connectivity index (χ3v) is 7.34. The third-order valence-electron chi connectivity index (χ3n) is 6.71. The number of esters is 1. The average molecular weight is 573 g/mol. The number of amides is 2. The molecule has 0 bridgehead atoms. The average Bonchev–Trinajstić information content (AvgIpc) is 2.85. The number of carbonyl (C=O) groups excluding carboxylic acids is 3. The molecule has 0 spiro atoms. The number of carbonyl (C=O) groups is 4. The lowest BCUT2D eigenvalue weighted by molar-refractivity contribution is -0.144. The topological polar surface area (TPSA) is 122 Å². The quantitative estimate of drug-likeness (QED) is 0.280. The molecule has 2 aromatic carbocycles. The second-order valence-electron chi connectivity index (χ2n) is 9.89. The summed E-state index contributed by atoms with van der Waals surface area (Å²) in [5.41, 5.74) is 2.45. The molecule has 1 aliphatic rings. The van der Waals surface area contributed by atoms with E-state index in [1.54, 1.807) is 49.4 Å². The van der Waals surface area contributed by atoms with E-state index >= 15 is 0 Å². The molecule has 3 rings (SSSR count). The van der Waals surface area contributed by atoms with Crippen LogP contribution in [0.25, 0.3) is 0 Å². The number of nitrogens with one attached hydrogen (secondary N) is 2. The molecule has 2 aromatic rings. The predicted octanol–water partition coefficient (Wildman–Crippen LogP) is 5.59. The standard InChI is InChI=1S/C29H30Cl2N2O6/c1-16-18(15-23(34)35)12-13-29(2,3)25(16)27(37)33-22(28(38)39-4)14-17-8-10-19(11-9-17)32-26(36)24-20(30)6-5-7-21(24)31/h5-11,15,22H,12-14H2,1-4H3,(H,32,36)(H,33,37)(H,34,35)/t22-/m0/s1. The zero-order chi connectivity index (χ0) is 28.9. The summed E-state index contributed by atoms with van der Waals surface area (Å²) in [6.45, 7) is 5.55. The summed E-state index contributed by atoms with van der Waals surface area (Å²) in [6, 6.07) is 10.6. The maximum Gasteiger partial charge on any atom is 0.328 e. The molecule has 0 radical (unpaired) electrons. The fourth-order valence-corrected chi connectivity index (χ4v) is 5.24. The predicted molar refractivity (Wildman–Crippen MR) is 150 cm³/mol. The third kappa shape index (κ3) is 7.28. The number of anilines is 1. The maximum absolute atomic E-state index is 13.4. The van der Waals surface area contributed by atoms with Crippen LogP contribution >= 0.6 is 23.2 Å². The fraction of sp³-hybridized carbons (Fsp3) is 0.310. The molecule has 2 amide bonds. The molecule has 39 heavy (non-hydrogen) atoms. The van der Waals surface area contributed by atoms with Gasteiger partial charge in [0.25, 0.3) is 5.91 Å². The van der Waals surface area contributed by atoms with Crippen molar-refractivity contribution in [3.05, 3.63) is 86.4 Å². The van der Waals surface area contributed by atoms with Crippen LogP contribution in [0.1, 0.15) is 49.5 Å². The van der Waals surface area contributed by atoms with Crippen LogP contribution < -0.4 is 10.6 Å². The van der Waals surface area contributed by atoms with Crippen molar-refractivity contribution in [2.24, 2.45) is 5.41 Å². The molecule has 1 aliphatic carbocycles. The monoisotopic (exact) mass is 572 g/mol. The first-order valence-electron chi connectivity index (χ1n) is 12.2. The molecular formula is C29H30Cl2N2O6. The number of benzene rings is 2. The van der Waals surface area contributed by atoms with Gasteiger partial charge in [0.15, 0.2) is 0 Å². The first kappa shape index (κ1) is 29.9. The Bertz CT molecular complexity index is 1340. The molecular weight excluding hydrogens is 543 g/mol. The summed E-state index contributed by atoms with van der Waals surface area (Å²) >= 11 is 12.2. The zero-order valence-corrected chi connectivity index (χ0v) is 23.6. The lowest BCUT2D eigenvalue weighted by atomic mass is 9.70. The molecule has 0 unspecified atom stereocenters. The smallest absolute Gasteiger partial charge is 0.328 e. The molecule has 0 fully saturated rings. The zero-order valence-electron chi connectivity index (χ0n) is 22.1. The Hall–Kier alpha value is -3.62. The van der Waals surface area contributed by atoms with Gasteiger partial charge in [-0.15, -0.1) is 0 Å². The number of methoxy groups -OCH3 is 1. The highest BCUT2D eigenvalue weighted by Gasteiger charge is 2.36. The Labute approximate surface area is 237 Å². The van der Waals surface area contributed by atoms with Crippen LogP contribution in [0.3, 0.4) is 0 Å². The van der Waals surface area contributed by atoms with Crippen molar-refractivity contribution in [1.82, 2.24) is 5.32 Å². The lowest BCUT2D eigenvalue weighted by Gasteiger charge is -2.35. The minimum absolute atomic E-state index is 0.132. The Kier molecular flexibility index (Phi) is 9.59. The number of ether oxygens (including phenoxy) is 1. The van der Waals surface area contributed by atoms with E-state index in [1.807, 2.05) is 13.8 Å². The van der Waals surface area contributed by atoms with Crippen LogP contribution in [0, 0.1) is 5.41 Å². The summed E-state index contributed by atoms with van der Waals surface area (Å²) in [4.78, 5) is 49.9. The van der Waals surface area contributed by atoms with Gasteiger partial charge in [0.1, 0.15) is 6.04 Å². The van der Waals surface area contributed by atoms with Crippen LogP contribution in [-0.4, -0.2) is 42.0 Å². The molecule has 0 saturated heterocycles. The SMILES string of the molecule is COC(=O)[C@H](Cc1ccc(NC(=O)c2c(Cl)cccc2Cl)cc1)NC(=O)C1=C(C)C(=CC(=O)O)CCC1(C)C. The molecule has 8 nitrogen and oxygen atoms in total. The summed E-state index contributed by atoms with van der Waals surface area (Å²) in [6.07, 6.45) is 2.37. The summed E-state index contributed by atoms with van der Waals surface area (Å²) in [5, 5.41) is 15.2. The van der Waals surface area contributed by atoms with E-state index < -0.39 is 35.2 Å². The highest BCUT2D eigenvalue weighted by Crippen LogP contribution is 2.42. The fourth-order valence-electron chi connectivity index (χ4n) is 4.67. The number of rotatable bonds is 8. The molecule has 0 aliphatic heterocycles. The van der Waals surface area contributed by atoms with Crippen molar-refractivity contribution in [1.29, 1.82) is 0 Å². The normalized spacial score (nSPS) is 16.4. The van der Waals surface area contributed by atoms with Crippen molar-refractivity contribution in [2.75, 3.05) is 12.4 Å². The summed E-state index contributed by atoms with van der Waals surface area (Å²) in [5.74, 6) is -2.62. The van der Waals surface area contributed by atoms with Gasteiger partial charge in [-0.3, -0.25) is 9.59 Å². The van der Waals surface area contributed by atoms with E-state index in [2.05, 4.69) is 10.6 Å². The van der Waals surface area contributed by atoms with Crippen molar-refractivity contribution in [2.45, 2.75) is 46.1 Å². The Morgan fingerprint density at radius 1 is 1.05 bits per heavy atom. The van der Waals surface area contributed by atoms with E-state index in [4.69, 9.17) is 27.9 Å². The van der Waals surface area contributed by atoms with Gasteiger partial charge in [0.2, 0.25) is 5.91 Å². The van der Waals surface area contributed by atoms with Crippen molar-refractivity contribution in [3.63, 3.8) is 0 Å². The van der Waals surface area contributed by atoms with Crippen LogP contribution in [0.15, 0.2) is 65.3 Å². The molecule has 0 aromatic heterocycles. The van der Waals surface area contributed by atoms with E-state index in [0.29, 0.717) is 40.8 Å².